The van der Waals surface area contributed by atoms with Crippen LogP contribution >= 0.6 is 0 Å². The lowest BCUT2D eigenvalue weighted by atomic mass is 9.95. The fraction of sp³-hybridized carbons (Fsp3) is 0.476. The highest BCUT2D eigenvalue weighted by atomic mass is 16.6. The van der Waals surface area contributed by atoms with Gasteiger partial charge < -0.3 is 15.4 Å². The fourth-order valence-corrected chi connectivity index (χ4v) is 3.10. The third-order valence-corrected chi connectivity index (χ3v) is 4.71. The molecule has 1 unspecified atom stereocenters. The smallest absolute Gasteiger partial charge is 0.407 e. The van der Waals surface area contributed by atoms with Gasteiger partial charge in [0.1, 0.15) is 11.3 Å². The average Bonchev–Trinajstić information content (AvgIpc) is 3.44. The van der Waals surface area contributed by atoms with Crippen LogP contribution in [0.3, 0.4) is 0 Å². The summed E-state index contributed by atoms with van der Waals surface area (Å²) in [6.07, 6.45) is 1.57. The molecule has 6 heteroatoms. The van der Waals surface area contributed by atoms with E-state index in [1.165, 1.54) is 0 Å². The molecule has 1 fully saturated rings. The molecule has 2 aromatic rings. The van der Waals surface area contributed by atoms with Crippen molar-refractivity contribution in [2.24, 2.45) is 5.92 Å². The first-order valence-corrected chi connectivity index (χ1v) is 9.31. The topological polar surface area (TPSA) is 80.3 Å². The minimum Gasteiger partial charge on any atom is -0.444 e. The fourth-order valence-electron chi connectivity index (χ4n) is 3.10. The molecule has 0 aliphatic heterocycles. The Balaban J connectivity index is 1.69. The molecule has 1 aromatic heterocycles. The van der Waals surface area contributed by atoms with E-state index in [1.807, 2.05) is 58.0 Å². The number of ether oxygens (including phenoxy) is 1. The third-order valence-electron chi connectivity index (χ3n) is 4.71. The zero-order chi connectivity index (χ0) is 19.7. The van der Waals surface area contributed by atoms with Crippen molar-refractivity contribution in [3.05, 3.63) is 42.1 Å². The molecule has 1 atom stereocenters. The lowest BCUT2D eigenvalue weighted by Crippen LogP contribution is -2.55. The molecule has 1 heterocycles. The van der Waals surface area contributed by atoms with Crippen LogP contribution in [0.4, 0.5) is 4.79 Å². The van der Waals surface area contributed by atoms with Crippen molar-refractivity contribution < 1.29 is 14.3 Å². The van der Waals surface area contributed by atoms with Gasteiger partial charge in [0.05, 0.1) is 11.1 Å². The number of nitrogens with one attached hydrogen (secondary N) is 2. The Hall–Kier alpha value is -2.63. The molecule has 1 aromatic carbocycles. The number of rotatable bonds is 5. The molecule has 1 aliphatic carbocycles. The van der Waals surface area contributed by atoms with E-state index in [0.717, 1.165) is 23.7 Å². The van der Waals surface area contributed by atoms with Crippen LogP contribution in [0.25, 0.3) is 10.9 Å². The number of para-hydroxylation sites is 1. The number of carbonyl (C=O) groups excluding carboxylic acids is 2. The number of benzene rings is 1. The molecule has 0 bridgehead atoms. The SMILES string of the molecule is CC(C)(C)OC(=O)NCC(C)(NC(=O)c1ccc2ccccc2n1)C1CC1. The van der Waals surface area contributed by atoms with E-state index in [1.54, 1.807) is 6.07 Å². The van der Waals surface area contributed by atoms with Crippen molar-refractivity contribution in [3.8, 4) is 0 Å². The van der Waals surface area contributed by atoms with Crippen LogP contribution in [0.2, 0.25) is 0 Å². The Kier molecular flexibility index (Phi) is 5.09. The molecule has 6 nitrogen and oxygen atoms in total. The predicted octanol–water partition coefficient (Wildman–Crippen LogP) is 3.66. The number of pyridine rings is 1. The highest BCUT2D eigenvalue weighted by molar-refractivity contribution is 5.95. The van der Waals surface area contributed by atoms with Crippen LogP contribution in [-0.4, -0.2) is 34.7 Å². The van der Waals surface area contributed by atoms with Gasteiger partial charge in [0, 0.05) is 11.9 Å². The summed E-state index contributed by atoms with van der Waals surface area (Å²) in [6, 6.07) is 11.3. The van der Waals surface area contributed by atoms with Crippen molar-refractivity contribution in [3.63, 3.8) is 0 Å². The van der Waals surface area contributed by atoms with Crippen LogP contribution in [0.5, 0.6) is 0 Å². The number of amides is 2. The van der Waals surface area contributed by atoms with E-state index in [9.17, 15) is 9.59 Å². The molecule has 0 saturated heterocycles. The monoisotopic (exact) mass is 369 g/mol. The van der Waals surface area contributed by atoms with Crippen LogP contribution in [0.1, 0.15) is 51.0 Å². The maximum absolute atomic E-state index is 12.8. The van der Waals surface area contributed by atoms with E-state index in [0.29, 0.717) is 18.2 Å². The second-order valence-corrected chi connectivity index (χ2v) is 8.39. The predicted molar refractivity (Wildman–Crippen MR) is 105 cm³/mol. The van der Waals surface area contributed by atoms with Crippen molar-refractivity contribution >= 4 is 22.9 Å². The Morgan fingerprint density at radius 2 is 1.81 bits per heavy atom. The largest absolute Gasteiger partial charge is 0.444 e. The minimum atomic E-state index is -0.557. The Morgan fingerprint density at radius 3 is 2.48 bits per heavy atom. The summed E-state index contributed by atoms with van der Waals surface area (Å²) < 4.78 is 5.30. The molecular formula is C21H27N3O3. The maximum atomic E-state index is 12.8. The van der Waals surface area contributed by atoms with Crippen LogP contribution in [0, 0.1) is 5.92 Å². The highest BCUT2D eigenvalue weighted by Gasteiger charge is 2.43. The van der Waals surface area contributed by atoms with Gasteiger partial charge in [-0.1, -0.05) is 24.3 Å². The van der Waals surface area contributed by atoms with Gasteiger partial charge in [-0.3, -0.25) is 4.79 Å². The lowest BCUT2D eigenvalue weighted by molar-refractivity contribution is 0.0502. The van der Waals surface area contributed by atoms with Crippen molar-refractivity contribution in [1.82, 2.24) is 15.6 Å². The van der Waals surface area contributed by atoms with E-state index in [4.69, 9.17) is 4.74 Å². The molecule has 1 aliphatic rings. The Labute approximate surface area is 159 Å². The van der Waals surface area contributed by atoms with Gasteiger partial charge in [-0.05, 0) is 58.6 Å². The van der Waals surface area contributed by atoms with Crippen LogP contribution in [-0.2, 0) is 4.74 Å². The van der Waals surface area contributed by atoms with Gasteiger partial charge in [-0.2, -0.15) is 0 Å². The standard InChI is InChI=1S/C21H27N3O3/c1-20(2,3)27-19(26)22-13-21(4,15-10-11-15)24-18(25)17-12-9-14-7-5-6-8-16(14)23-17/h5-9,12,15H,10-11,13H2,1-4H3,(H,22,26)(H,24,25). The summed E-state index contributed by atoms with van der Waals surface area (Å²) in [5, 5.41) is 6.87. The van der Waals surface area contributed by atoms with Gasteiger partial charge in [0.2, 0.25) is 0 Å². The number of fused-ring (bicyclic) bond motifs is 1. The first-order chi connectivity index (χ1) is 12.7. The first-order valence-electron chi connectivity index (χ1n) is 9.31. The molecule has 0 spiro atoms. The summed E-state index contributed by atoms with van der Waals surface area (Å²) in [5.41, 5.74) is 0.0580. The number of aromatic nitrogens is 1. The molecule has 3 rings (SSSR count). The summed E-state index contributed by atoms with van der Waals surface area (Å²) >= 11 is 0. The summed E-state index contributed by atoms with van der Waals surface area (Å²) in [7, 11) is 0. The molecule has 2 amide bonds. The van der Waals surface area contributed by atoms with E-state index >= 15 is 0 Å². The first kappa shape index (κ1) is 19.1. The number of hydrogen-bond acceptors (Lipinski definition) is 4. The molecular weight excluding hydrogens is 342 g/mol. The summed E-state index contributed by atoms with van der Waals surface area (Å²) in [5.74, 6) is 0.0954. The van der Waals surface area contributed by atoms with Crippen molar-refractivity contribution in [2.45, 2.75) is 51.7 Å². The second-order valence-electron chi connectivity index (χ2n) is 8.39. The maximum Gasteiger partial charge on any atom is 0.407 e. The van der Waals surface area contributed by atoms with E-state index in [2.05, 4.69) is 15.6 Å². The zero-order valence-corrected chi connectivity index (χ0v) is 16.3. The van der Waals surface area contributed by atoms with Crippen molar-refractivity contribution in [1.29, 1.82) is 0 Å². The molecule has 1 saturated carbocycles. The van der Waals surface area contributed by atoms with Gasteiger partial charge >= 0.3 is 6.09 Å². The average molecular weight is 369 g/mol. The Morgan fingerprint density at radius 1 is 1.11 bits per heavy atom. The second kappa shape index (κ2) is 7.18. The zero-order valence-electron chi connectivity index (χ0n) is 16.3. The lowest BCUT2D eigenvalue weighted by Gasteiger charge is -2.31. The van der Waals surface area contributed by atoms with Gasteiger partial charge in [0.25, 0.3) is 5.91 Å². The normalized spacial score (nSPS) is 16.4. The molecule has 0 radical (unpaired) electrons. The van der Waals surface area contributed by atoms with Crippen molar-refractivity contribution in [2.75, 3.05) is 6.54 Å². The quantitative estimate of drug-likeness (QED) is 0.843. The van der Waals surface area contributed by atoms with E-state index < -0.39 is 17.2 Å². The summed E-state index contributed by atoms with van der Waals surface area (Å²) in [4.78, 5) is 29.2. The van der Waals surface area contributed by atoms with Crippen LogP contribution < -0.4 is 10.6 Å². The number of hydrogen-bond donors (Lipinski definition) is 2. The number of nitrogens with zero attached hydrogens (tertiary/aromatic N) is 1. The number of alkyl carbamates (subject to hydrolysis) is 1. The summed E-state index contributed by atoms with van der Waals surface area (Å²) in [6.45, 7) is 7.73. The highest BCUT2D eigenvalue weighted by Crippen LogP contribution is 2.39. The number of carbonyl (C=O) groups is 2. The van der Waals surface area contributed by atoms with Gasteiger partial charge in [-0.25, -0.2) is 9.78 Å². The van der Waals surface area contributed by atoms with Crippen LogP contribution in [0.15, 0.2) is 36.4 Å². The molecule has 2 N–H and O–H groups in total. The molecule has 27 heavy (non-hydrogen) atoms. The Bertz CT molecular complexity index is 855. The minimum absolute atomic E-state index is 0.235. The van der Waals surface area contributed by atoms with Gasteiger partial charge in [0.15, 0.2) is 0 Å². The van der Waals surface area contributed by atoms with Gasteiger partial charge in [-0.15, -0.1) is 0 Å². The third kappa shape index (κ3) is 4.96. The van der Waals surface area contributed by atoms with E-state index in [-0.39, 0.29) is 5.91 Å². The molecule has 144 valence electrons.